The van der Waals surface area contributed by atoms with Crippen LogP contribution in [-0.4, -0.2) is 35.8 Å². The fourth-order valence-corrected chi connectivity index (χ4v) is 2.25. The molecule has 0 spiro atoms. The summed E-state index contributed by atoms with van der Waals surface area (Å²) in [4.78, 5) is 13.8. The van der Waals surface area contributed by atoms with Gasteiger partial charge in [-0.05, 0) is 45.0 Å². The Kier molecular flexibility index (Phi) is 3.75. The predicted molar refractivity (Wildman–Crippen MR) is 68.2 cm³/mol. The second kappa shape index (κ2) is 5.17. The van der Waals surface area contributed by atoms with E-state index in [1.807, 2.05) is 20.8 Å². The van der Waals surface area contributed by atoms with Crippen molar-refractivity contribution in [2.24, 2.45) is 0 Å². The number of ether oxygens (including phenoxy) is 2. The lowest BCUT2D eigenvalue weighted by Gasteiger charge is -2.31. The van der Waals surface area contributed by atoms with Crippen molar-refractivity contribution in [3.8, 4) is 5.75 Å². The van der Waals surface area contributed by atoms with Gasteiger partial charge in [0, 0.05) is 0 Å². The number of hydrogen-bond acceptors (Lipinski definition) is 3. The number of nitrogens with zero attached hydrogens (tertiary/aromatic N) is 1. The lowest BCUT2D eigenvalue weighted by molar-refractivity contribution is -0.141. The van der Waals surface area contributed by atoms with Crippen LogP contribution in [0.1, 0.15) is 20.8 Å². The number of carbonyl (C=O) groups excluding carboxylic acids is 1. The summed E-state index contributed by atoms with van der Waals surface area (Å²) in [7, 11) is 0. The highest BCUT2D eigenvalue weighted by atomic mass is 19.1. The molecule has 1 fully saturated rings. The van der Waals surface area contributed by atoms with Gasteiger partial charge in [-0.2, -0.15) is 0 Å². The van der Waals surface area contributed by atoms with E-state index in [0.717, 1.165) is 0 Å². The molecular formula is C14H18FNO3. The van der Waals surface area contributed by atoms with Crippen LogP contribution in [0.4, 0.5) is 4.39 Å². The number of carbonyl (C=O) groups is 1. The molecular weight excluding hydrogens is 249 g/mol. The smallest absolute Gasteiger partial charge is 0.263 e. The Morgan fingerprint density at radius 1 is 1.47 bits per heavy atom. The van der Waals surface area contributed by atoms with Crippen LogP contribution in [0.5, 0.6) is 5.75 Å². The quantitative estimate of drug-likeness (QED) is 0.842. The van der Waals surface area contributed by atoms with Crippen LogP contribution in [0.3, 0.4) is 0 Å². The highest BCUT2D eigenvalue weighted by molar-refractivity contribution is 5.79. The van der Waals surface area contributed by atoms with Crippen molar-refractivity contribution < 1.29 is 18.7 Å². The molecule has 0 radical (unpaired) electrons. The Morgan fingerprint density at radius 2 is 2.11 bits per heavy atom. The van der Waals surface area contributed by atoms with Crippen molar-refractivity contribution in [3.63, 3.8) is 0 Å². The first-order valence-corrected chi connectivity index (χ1v) is 6.22. The summed E-state index contributed by atoms with van der Waals surface area (Å²) in [6.45, 7) is 6.17. The third-order valence-corrected chi connectivity index (χ3v) is 3.14. The number of hydrogen-bond donors (Lipinski definition) is 0. The molecule has 19 heavy (non-hydrogen) atoms. The van der Waals surface area contributed by atoms with Crippen molar-refractivity contribution >= 4 is 5.91 Å². The minimum Gasteiger partial charge on any atom is -0.484 e. The van der Waals surface area contributed by atoms with Gasteiger partial charge >= 0.3 is 0 Å². The molecule has 0 N–H and O–H groups in total. The van der Waals surface area contributed by atoms with Gasteiger partial charge in [0.1, 0.15) is 17.8 Å². The molecule has 1 amide bonds. The molecule has 2 rings (SSSR count). The summed E-state index contributed by atoms with van der Waals surface area (Å²) >= 11 is 0. The first-order chi connectivity index (χ1) is 8.90. The fourth-order valence-electron chi connectivity index (χ4n) is 2.25. The van der Waals surface area contributed by atoms with Gasteiger partial charge in [0.25, 0.3) is 5.91 Å². The summed E-state index contributed by atoms with van der Waals surface area (Å²) in [5.74, 6) is 0.000949. The number of halogens is 1. The molecule has 4 nitrogen and oxygen atoms in total. The summed E-state index contributed by atoms with van der Waals surface area (Å²) < 4.78 is 23.6. The number of benzene rings is 1. The molecule has 1 saturated heterocycles. The molecule has 5 heteroatoms. The van der Waals surface area contributed by atoms with Crippen LogP contribution < -0.4 is 4.74 Å². The molecule has 0 bridgehead atoms. The largest absolute Gasteiger partial charge is 0.484 e. The number of amides is 1. The van der Waals surface area contributed by atoms with E-state index in [-0.39, 0.29) is 30.1 Å². The van der Waals surface area contributed by atoms with E-state index in [9.17, 15) is 9.18 Å². The second-order valence-corrected chi connectivity index (χ2v) is 5.23. The van der Waals surface area contributed by atoms with E-state index in [1.54, 1.807) is 4.90 Å². The van der Waals surface area contributed by atoms with E-state index < -0.39 is 0 Å². The van der Waals surface area contributed by atoms with Gasteiger partial charge in [0.2, 0.25) is 0 Å². The zero-order valence-corrected chi connectivity index (χ0v) is 11.4. The van der Waals surface area contributed by atoms with Crippen LogP contribution >= 0.6 is 0 Å². The van der Waals surface area contributed by atoms with Crippen LogP contribution in [0.2, 0.25) is 0 Å². The third kappa shape index (κ3) is 3.04. The SMILES string of the molecule is CC1OCC(C)(C)N1C(=O)COc1ccc(F)cc1. The maximum absolute atomic E-state index is 12.7. The fraction of sp³-hybridized carbons (Fsp3) is 0.500. The number of rotatable bonds is 3. The Morgan fingerprint density at radius 3 is 2.63 bits per heavy atom. The zero-order valence-electron chi connectivity index (χ0n) is 11.4. The van der Waals surface area contributed by atoms with Crippen molar-refractivity contribution in [2.45, 2.75) is 32.5 Å². The lowest BCUT2D eigenvalue weighted by atomic mass is 10.1. The van der Waals surface area contributed by atoms with Gasteiger partial charge in [-0.15, -0.1) is 0 Å². The van der Waals surface area contributed by atoms with E-state index >= 15 is 0 Å². The topological polar surface area (TPSA) is 38.8 Å². The second-order valence-electron chi connectivity index (χ2n) is 5.23. The standard InChI is InChI=1S/C14H18FNO3/c1-10-16(14(2,3)9-19-10)13(17)8-18-12-6-4-11(15)5-7-12/h4-7,10H,8-9H2,1-3H3. The van der Waals surface area contributed by atoms with Crippen molar-refractivity contribution in [1.82, 2.24) is 4.90 Å². The molecule has 1 aromatic carbocycles. The Bertz CT molecular complexity index is 458. The van der Waals surface area contributed by atoms with Crippen LogP contribution in [0.15, 0.2) is 24.3 Å². The molecule has 1 aromatic rings. The summed E-state index contributed by atoms with van der Waals surface area (Å²) in [5.41, 5.74) is -0.331. The average molecular weight is 267 g/mol. The van der Waals surface area contributed by atoms with Gasteiger partial charge in [-0.3, -0.25) is 4.79 Å². The molecule has 0 aliphatic carbocycles. The van der Waals surface area contributed by atoms with Gasteiger partial charge in [-0.25, -0.2) is 4.39 Å². The monoisotopic (exact) mass is 267 g/mol. The molecule has 1 unspecified atom stereocenters. The highest BCUT2D eigenvalue weighted by Crippen LogP contribution is 2.26. The van der Waals surface area contributed by atoms with E-state index in [0.29, 0.717) is 12.4 Å². The first kappa shape index (κ1) is 13.8. The van der Waals surface area contributed by atoms with Gasteiger partial charge < -0.3 is 14.4 Å². The van der Waals surface area contributed by atoms with Gasteiger partial charge in [0.05, 0.1) is 12.1 Å². The van der Waals surface area contributed by atoms with Gasteiger partial charge in [0.15, 0.2) is 6.61 Å². The highest BCUT2D eigenvalue weighted by Gasteiger charge is 2.41. The third-order valence-electron chi connectivity index (χ3n) is 3.14. The maximum atomic E-state index is 12.7. The maximum Gasteiger partial charge on any atom is 0.263 e. The molecule has 1 heterocycles. The predicted octanol–water partition coefficient (Wildman–Crippen LogP) is 2.19. The molecule has 104 valence electrons. The van der Waals surface area contributed by atoms with E-state index in [2.05, 4.69) is 0 Å². The van der Waals surface area contributed by atoms with Crippen molar-refractivity contribution in [3.05, 3.63) is 30.1 Å². The van der Waals surface area contributed by atoms with Crippen LogP contribution in [0.25, 0.3) is 0 Å². The summed E-state index contributed by atoms with van der Waals surface area (Å²) in [6.07, 6.45) is -0.251. The van der Waals surface area contributed by atoms with Crippen LogP contribution in [-0.2, 0) is 9.53 Å². The molecule has 1 aliphatic rings. The van der Waals surface area contributed by atoms with E-state index in [1.165, 1.54) is 24.3 Å². The Labute approximate surface area is 112 Å². The zero-order chi connectivity index (χ0) is 14.0. The Hall–Kier alpha value is -1.62. The minimum atomic E-state index is -0.332. The minimum absolute atomic E-state index is 0.0806. The molecule has 0 aromatic heterocycles. The van der Waals surface area contributed by atoms with Crippen molar-refractivity contribution in [2.75, 3.05) is 13.2 Å². The summed E-state index contributed by atoms with van der Waals surface area (Å²) in [5, 5.41) is 0. The molecule has 1 atom stereocenters. The van der Waals surface area contributed by atoms with E-state index in [4.69, 9.17) is 9.47 Å². The first-order valence-electron chi connectivity index (χ1n) is 6.22. The lowest BCUT2D eigenvalue weighted by Crippen LogP contribution is -2.49. The molecule has 0 saturated carbocycles. The van der Waals surface area contributed by atoms with Crippen molar-refractivity contribution in [1.29, 1.82) is 0 Å². The summed E-state index contributed by atoms with van der Waals surface area (Å²) in [6, 6.07) is 5.59. The average Bonchev–Trinajstić information content (AvgIpc) is 2.62. The van der Waals surface area contributed by atoms with Gasteiger partial charge in [-0.1, -0.05) is 0 Å². The molecule has 1 aliphatic heterocycles. The van der Waals surface area contributed by atoms with Crippen LogP contribution in [0, 0.1) is 5.82 Å². The Balaban J connectivity index is 1.96. The normalized spacial score (nSPS) is 21.5.